The summed E-state index contributed by atoms with van der Waals surface area (Å²) in [6, 6.07) is 9.62. The molecule has 5 heteroatoms. The Kier molecular flexibility index (Phi) is 6.39. The van der Waals surface area contributed by atoms with E-state index >= 15 is 0 Å². The quantitative estimate of drug-likeness (QED) is 0.746. The molecule has 2 aromatic rings. The Bertz CT molecular complexity index is 745. The maximum atomic E-state index is 12.0. The van der Waals surface area contributed by atoms with Crippen LogP contribution in [-0.2, 0) is 11.3 Å². The number of rotatable bonds is 8. The zero-order valence-electron chi connectivity index (χ0n) is 15.4. The van der Waals surface area contributed by atoms with Crippen molar-refractivity contribution in [2.75, 3.05) is 13.7 Å². The Balaban J connectivity index is 2.32. The van der Waals surface area contributed by atoms with Crippen molar-refractivity contribution in [1.82, 2.24) is 9.88 Å². The number of ether oxygens (including phenoxy) is 1. The van der Waals surface area contributed by atoms with Crippen LogP contribution < -0.4 is 10.1 Å². The Morgan fingerprint density at radius 1 is 1.20 bits per heavy atom. The molecule has 0 bridgehead atoms. The predicted octanol–water partition coefficient (Wildman–Crippen LogP) is 3.59. The first-order chi connectivity index (χ1) is 12.0. The molecular weight excluding hydrogens is 316 g/mol. The normalized spacial score (nSPS) is 10.6. The average Bonchev–Trinajstić information content (AvgIpc) is 2.95. The number of methoxy groups -OCH3 is 1. The monoisotopic (exact) mass is 342 g/mol. The molecule has 0 saturated carbocycles. The lowest BCUT2D eigenvalue weighted by Gasteiger charge is -2.12. The number of hydrogen-bond donors (Lipinski definition) is 1. The third kappa shape index (κ3) is 4.50. The summed E-state index contributed by atoms with van der Waals surface area (Å²) in [6.45, 7) is 6.74. The van der Waals surface area contributed by atoms with Gasteiger partial charge in [-0.25, -0.2) is 0 Å². The van der Waals surface area contributed by atoms with Crippen molar-refractivity contribution in [3.05, 3.63) is 41.6 Å². The molecule has 0 spiro atoms. The van der Waals surface area contributed by atoms with Crippen molar-refractivity contribution >= 4 is 11.7 Å². The van der Waals surface area contributed by atoms with E-state index in [-0.39, 0.29) is 11.7 Å². The number of nitrogens with zero attached hydrogens (tertiary/aromatic N) is 1. The largest absolute Gasteiger partial charge is 0.497 e. The van der Waals surface area contributed by atoms with Crippen molar-refractivity contribution in [1.29, 1.82) is 0 Å². The maximum Gasteiger partial charge on any atom is 0.221 e. The smallest absolute Gasteiger partial charge is 0.221 e. The van der Waals surface area contributed by atoms with Gasteiger partial charge >= 0.3 is 0 Å². The minimum Gasteiger partial charge on any atom is -0.497 e. The molecule has 0 aliphatic heterocycles. The highest BCUT2D eigenvalue weighted by molar-refractivity contribution is 5.96. The SMILES string of the molecule is CCCNC(=O)CCn1c(-c2ccc(OC)cc2)cc(C(C)=O)c1C. The standard InChI is InChI=1S/C20H26N2O3/c1-5-11-21-20(24)10-12-22-14(2)18(15(3)23)13-19(22)16-6-8-17(25-4)9-7-16/h6-9,13H,5,10-12H2,1-4H3,(H,21,24). The lowest BCUT2D eigenvalue weighted by Crippen LogP contribution is -2.25. The molecule has 2 rings (SSSR count). The second-order valence-electron chi connectivity index (χ2n) is 6.06. The summed E-state index contributed by atoms with van der Waals surface area (Å²) in [7, 11) is 1.63. The molecular formula is C20H26N2O3. The molecule has 0 unspecified atom stereocenters. The molecule has 0 aliphatic rings. The van der Waals surface area contributed by atoms with E-state index in [1.807, 2.05) is 48.7 Å². The second-order valence-corrected chi connectivity index (χ2v) is 6.06. The maximum absolute atomic E-state index is 12.0. The van der Waals surface area contributed by atoms with Crippen LogP contribution >= 0.6 is 0 Å². The molecule has 1 aromatic carbocycles. The van der Waals surface area contributed by atoms with Crippen molar-refractivity contribution in [2.45, 2.75) is 40.2 Å². The third-order valence-corrected chi connectivity index (χ3v) is 4.27. The van der Waals surface area contributed by atoms with Crippen molar-refractivity contribution in [3.8, 4) is 17.0 Å². The Morgan fingerprint density at radius 3 is 2.44 bits per heavy atom. The van der Waals surface area contributed by atoms with Crippen LogP contribution in [0.3, 0.4) is 0 Å². The second kappa shape index (κ2) is 8.51. The first-order valence-corrected chi connectivity index (χ1v) is 8.60. The van der Waals surface area contributed by atoms with Gasteiger partial charge in [0.15, 0.2) is 5.78 Å². The Morgan fingerprint density at radius 2 is 1.88 bits per heavy atom. The van der Waals surface area contributed by atoms with Gasteiger partial charge in [-0.05, 0) is 56.2 Å². The molecule has 0 radical (unpaired) electrons. The topological polar surface area (TPSA) is 60.3 Å². The van der Waals surface area contributed by atoms with E-state index in [2.05, 4.69) is 5.32 Å². The molecule has 0 saturated heterocycles. The number of amides is 1. The summed E-state index contributed by atoms with van der Waals surface area (Å²) in [5, 5.41) is 2.89. The highest BCUT2D eigenvalue weighted by atomic mass is 16.5. The molecule has 1 amide bonds. The van der Waals surface area contributed by atoms with E-state index < -0.39 is 0 Å². The average molecular weight is 342 g/mol. The van der Waals surface area contributed by atoms with Gasteiger partial charge in [0, 0.05) is 36.5 Å². The predicted molar refractivity (Wildman–Crippen MR) is 99.1 cm³/mol. The van der Waals surface area contributed by atoms with Gasteiger partial charge in [0.2, 0.25) is 5.91 Å². The van der Waals surface area contributed by atoms with Crippen LogP contribution in [0.1, 0.15) is 42.7 Å². The van der Waals surface area contributed by atoms with Crippen LogP contribution in [0.25, 0.3) is 11.3 Å². The van der Waals surface area contributed by atoms with E-state index in [0.717, 1.165) is 29.1 Å². The van der Waals surface area contributed by atoms with E-state index in [1.165, 1.54) is 0 Å². The number of carbonyl (C=O) groups is 2. The van der Waals surface area contributed by atoms with Crippen LogP contribution in [0.15, 0.2) is 30.3 Å². The number of nitrogens with one attached hydrogen (secondary N) is 1. The zero-order valence-corrected chi connectivity index (χ0v) is 15.4. The molecule has 0 atom stereocenters. The first-order valence-electron chi connectivity index (χ1n) is 8.60. The van der Waals surface area contributed by atoms with Gasteiger partial charge in [0.05, 0.1) is 7.11 Å². The molecule has 1 aromatic heterocycles. The highest BCUT2D eigenvalue weighted by Crippen LogP contribution is 2.28. The van der Waals surface area contributed by atoms with Gasteiger partial charge in [-0.15, -0.1) is 0 Å². The Hall–Kier alpha value is -2.56. The van der Waals surface area contributed by atoms with Gasteiger partial charge in [-0.1, -0.05) is 6.92 Å². The molecule has 25 heavy (non-hydrogen) atoms. The number of Topliss-reactive ketones (excluding diaryl/α,β-unsaturated/α-hetero) is 1. The van der Waals surface area contributed by atoms with Crippen LogP contribution in [0.5, 0.6) is 5.75 Å². The van der Waals surface area contributed by atoms with Crippen LogP contribution in [-0.4, -0.2) is 29.9 Å². The fourth-order valence-electron chi connectivity index (χ4n) is 2.86. The number of aromatic nitrogens is 1. The summed E-state index contributed by atoms with van der Waals surface area (Å²) < 4.78 is 7.25. The van der Waals surface area contributed by atoms with Gasteiger partial charge in [-0.2, -0.15) is 0 Å². The number of hydrogen-bond acceptors (Lipinski definition) is 3. The molecule has 5 nitrogen and oxygen atoms in total. The van der Waals surface area contributed by atoms with Crippen LogP contribution in [0.2, 0.25) is 0 Å². The van der Waals surface area contributed by atoms with Crippen molar-refractivity contribution in [2.24, 2.45) is 0 Å². The minimum absolute atomic E-state index is 0.0278. The number of benzene rings is 1. The van der Waals surface area contributed by atoms with E-state index in [0.29, 0.717) is 25.1 Å². The van der Waals surface area contributed by atoms with Gasteiger partial charge in [-0.3, -0.25) is 9.59 Å². The van der Waals surface area contributed by atoms with E-state index in [4.69, 9.17) is 4.74 Å². The summed E-state index contributed by atoms with van der Waals surface area (Å²) >= 11 is 0. The highest BCUT2D eigenvalue weighted by Gasteiger charge is 2.17. The first kappa shape index (κ1) is 18.8. The third-order valence-electron chi connectivity index (χ3n) is 4.27. The van der Waals surface area contributed by atoms with Crippen LogP contribution in [0.4, 0.5) is 0 Å². The molecule has 1 N–H and O–H groups in total. The van der Waals surface area contributed by atoms with Crippen molar-refractivity contribution < 1.29 is 14.3 Å². The van der Waals surface area contributed by atoms with E-state index in [1.54, 1.807) is 14.0 Å². The lowest BCUT2D eigenvalue weighted by molar-refractivity contribution is -0.121. The summed E-state index contributed by atoms with van der Waals surface area (Å²) in [4.78, 5) is 23.9. The van der Waals surface area contributed by atoms with E-state index in [9.17, 15) is 9.59 Å². The molecule has 0 aliphatic carbocycles. The molecule has 1 heterocycles. The van der Waals surface area contributed by atoms with Gasteiger partial charge in [0.1, 0.15) is 5.75 Å². The summed E-state index contributed by atoms with van der Waals surface area (Å²) in [5.74, 6) is 0.839. The fourth-order valence-corrected chi connectivity index (χ4v) is 2.86. The van der Waals surface area contributed by atoms with Gasteiger partial charge < -0.3 is 14.6 Å². The Labute approximate surface area is 149 Å². The minimum atomic E-state index is 0.0278. The van der Waals surface area contributed by atoms with Crippen LogP contribution in [0, 0.1) is 6.92 Å². The van der Waals surface area contributed by atoms with Gasteiger partial charge in [0.25, 0.3) is 0 Å². The fraction of sp³-hybridized carbons (Fsp3) is 0.400. The number of ketones is 1. The summed E-state index contributed by atoms with van der Waals surface area (Å²) in [5.41, 5.74) is 3.51. The molecule has 0 fully saturated rings. The summed E-state index contributed by atoms with van der Waals surface area (Å²) in [6.07, 6.45) is 1.30. The number of carbonyl (C=O) groups excluding carboxylic acids is 2. The zero-order chi connectivity index (χ0) is 18.4. The lowest BCUT2D eigenvalue weighted by atomic mass is 10.1. The molecule has 134 valence electrons. The van der Waals surface area contributed by atoms with Crippen molar-refractivity contribution in [3.63, 3.8) is 0 Å².